The summed E-state index contributed by atoms with van der Waals surface area (Å²) in [6.07, 6.45) is -0.985. The Balaban J connectivity index is 2.31. The van der Waals surface area contributed by atoms with Crippen molar-refractivity contribution in [3.8, 4) is 11.5 Å². The van der Waals surface area contributed by atoms with Crippen molar-refractivity contribution in [2.45, 2.75) is 24.9 Å². The van der Waals surface area contributed by atoms with Crippen LogP contribution in [0.15, 0.2) is 17.1 Å². The van der Waals surface area contributed by atoms with E-state index in [0.717, 1.165) is 10.6 Å². The monoisotopic (exact) mass is 243 g/mol. The normalized spacial score (nSPS) is 28.5. The second kappa shape index (κ2) is 4.36. The van der Waals surface area contributed by atoms with E-state index in [1.165, 1.54) is 6.20 Å². The first-order valence-corrected chi connectivity index (χ1v) is 5.12. The molecule has 1 saturated heterocycles. The van der Waals surface area contributed by atoms with E-state index >= 15 is 0 Å². The van der Waals surface area contributed by atoms with Gasteiger partial charge in [-0.15, -0.1) is 0 Å². The number of aliphatic hydroxyl groups excluding tert-OH is 2. The summed E-state index contributed by atoms with van der Waals surface area (Å²) in [6.45, 7) is -0.351. The third-order valence-corrected chi connectivity index (χ3v) is 2.77. The molecular formula is C10H13NO6. The first-order valence-electron chi connectivity index (χ1n) is 5.12. The zero-order chi connectivity index (χ0) is 12.6. The van der Waals surface area contributed by atoms with Crippen molar-refractivity contribution in [1.29, 1.82) is 0 Å². The SMILES string of the molecule is O=c1c(O)c(O)ccn1[C@H]1C[C@H](O)[C@@H](CO)O1. The van der Waals surface area contributed by atoms with Crippen molar-refractivity contribution in [3.63, 3.8) is 0 Å². The maximum absolute atomic E-state index is 11.6. The van der Waals surface area contributed by atoms with Gasteiger partial charge in [0.2, 0.25) is 5.75 Å². The van der Waals surface area contributed by atoms with Gasteiger partial charge in [0.15, 0.2) is 5.75 Å². The Morgan fingerprint density at radius 1 is 1.47 bits per heavy atom. The van der Waals surface area contributed by atoms with Gasteiger partial charge in [-0.05, 0) is 0 Å². The minimum atomic E-state index is -0.868. The third-order valence-electron chi connectivity index (χ3n) is 2.77. The van der Waals surface area contributed by atoms with E-state index in [9.17, 15) is 15.0 Å². The molecule has 0 amide bonds. The summed E-state index contributed by atoms with van der Waals surface area (Å²) in [5, 5.41) is 36.8. The van der Waals surface area contributed by atoms with E-state index in [2.05, 4.69) is 0 Å². The van der Waals surface area contributed by atoms with Gasteiger partial charge >= 0.3 is 0 Å². The topological polar surface area (TPSA) is 112 Å². The minimum absolute atomic E-state index is 0.134. The fourth-order valence-corrected chi connectivity index (χ4v) is 1.81. The Kier molecular flexibility index (Phi) is 3.05. The van der Waals surface area contributed by atoms with Gasteiger partial charge < -0.3 is 25.2 Å². The summed E-state index contributed by atoms with van der Waals surface area (Å²) >= 11 is 0. The van der Waals surface area contributed by atoms with Crippen molar-refractivity contribution >= 4 is 0 Å². The smallest absolute Gasteiger partial charge is 0.298 e. The van der Waals surface area contributed by atoms with E-state index < -0.39 is 35.5 Å². The highest BCUT2D eigenvalue weighted by atomic mass is 16.5. The van der Waals surface area contributed by atoms with Crippen LogP contribution in [0.25, 0.3) is 0 Å². The molecule has 17 heavy (non-hydrogen) atoms. The summed E-state index contributed by atoms with van der Waals surface area (Å²) in [4.78, 5) is 11.6. The Morgan fingerprint density at radius 2 is 2.18 bits per heavy atom. The number of hydrogen-bond acceptors (Lipinski definition) is 6. The van der Waals surface area contributed by atoms with Crippen molar-refractivity contribution in [1.82, 2.24) is 4.57 Å². The molecule has 2 rings (SSSR count). The molecule has 1 aliphatic heterocycles. The Bertz CT molecular complexity index is 470. The summed E-state index contributed by atoms with van der Waals surface area (Å²) in [7, 11) is 0. The molecular weight excluding hydrogens is 230 g/mol. The lowest BCUT2D eigenvalue weighted by Gasteiger charge is -2.15. The number of pyridine rings is 1. The van der Waals surface area contributed by atoms with E-state index in [0.29, 0.717) is 0 Å². The van der Waals surface area contributed by atoms with E-state index in [4.69, 9.17) is 14.9 Å². The molecule has 0 bridgehead atoms. The molecule has 4 N–H and O–H groups in total. The van der Waals surface area contributed by atoms with Crippen LogP contribution in [0.5, 0.6) is 11.5 Å². The number of aliphatic hydroxyl groups is 2. The van der Waals surface area contributed by atoms with Gasteiger partial charge in [0, 0.05) is 18.7 Å². The van der Waals surface area contributed by atoms with Crippen LogP contribution in [0.1, 0.15) is 12.6 Å². The molecule has 0 aromatic carbocycles. The van der Waals surface area contributed by atoms with E-state index in [1.807, 2.05) is 0 Å². The number of rotatable bonds is 2. The van der Waals surface area contributed by atoms with E-state index in [-0.39, 0.29) is 13.0 Å². The van der Waals surface area contributed by atoms with Gasteiger partial charge in [0.05, 0.1) is 12.7 Å². The van der Waals surface area contributed by atoms with Crippen LogP contribution in [-0.4, -0.2) is 43.8 Å². The number of aromatic nitrogens is 1. The Hall–Kier alpha value is -1.57. The molecule has 0 aliphatic carbocycles. The molecule has 0 radical (unpaired) electrons. The number of nitrogens with zero attached hydrogens (tertiary/aromatic N) is 1. The predicted octanol–water partition coefficient (Wildman–Crippen LogP) is -1.10. The van der Waals surface area contributed by atoms with Gasteiger partial charge in [-0.1, -0.05) is 0 Å². The standard InChI is InChI=1S/C10H13NO6/c12-4-7-6(14)3-8(17-7)11-2-1-5(13)9(15)10(11)16/h1-2,6-8,12-15H,3-4H2/t6-,7+,8+/m0/s1. The zero-order valence-corrected chi connectivity index (χ0v) is 8.85. The average Bonchev–Trinajstić information content (AvgIpc) is 2.67. The maximum atomic E-state index is 11.6. The predicted molar refractivity (Wildman–Crippen MR) is 55.7 cm³/mol. The van der Waals surface area contributed by atoms with Gasteiger partial charge in [0.25, 0.3) is 5.56 Å². The van der Waals surface area contributed by atoms with Crippen molar-refractivity contribution in [2.75, 3.05) is 6.61 Å². The molecule has 0 unspecified atom stereocenters. The Labute approximate surface area is 96.1 Å². The molecule has 3 atom stereocenters. The van der Waals surface area contributed by atoms with Crippen LogP contribution in [0.3, 0.4) is 0 Å². The highest BCUT2D eigenvalue weighted by Gasteiger charge is 2.35. The van der Waals surface area contributed by atoms with Crippen LogP contribution in [0.4, 0.5) is 0 Å². The molecule has 1 aromatic heterocycles. The molecule has 7 nitrogen and oxygen atoms in total. The first-order chi connectivity index (χ1) is 8.04. The fraction of sp³-hybridized carbons (Fsp3) is 0.500. The molecule has 1 fully saturated rings. The van der Waals surface area contributed by atoms with Crippen molar-refractivity contribution in [3.05, 3.63) is 22.6 Å². The van der Waals surface area contributed by atoms with Crippen LogP contribution in [0, 0.1) is 0 Å². The maximum Gasteiger partial charge on any atom is 0.298 e. The highest BCUT2D eigenvalue weighted by Crippen LogP contribution is 2.29. The summed E-state index contributed by atoms with van der Waals surface area (Å²) in [6, 6.07) is 1.15. The van der Waals surface area contributed by atoms with Crippen LogP contribution >= 0.6 is 0 Å². The molecule has 0 spiro atoms. The fourth-order valence-electron chi connectivity index (χ4n) is 1.81. The third kappa shape index (κ3) is 1.99. The molecule has 0 saturated carbocycles. The number of hydrogen-bond donors (Lipinski definition) is 4. The Morgan fingerprint density at radius 3 is 2.76 bits per heavy atom. The zero-order valence-electron chi connectivity index (χ0n) is 8.85. The lowest BCUT2D eigenvalue weighted by molar-refractivity contribution is -0.0457. The highest BCUT2D eigenvalue weighted by molar-refractivity contribution is 5.34. The molecule has 1 aromatic rings. The first kappa shape index (κ1) is 11.9. The van der Waals surface area contributed by atoms with Crippen LogP contribution in [-0.2, 0) is 4.74 Å². The molecule has 2 heterocycles. The summed E-state index contributed by atoms with van der Waals surface area (Å²) < 4.78 is 6.32. The summed E-state index contributed by atoms with van der Waals surface area (Å²) in [5.74, 6) is -1.28. The average molecular weight is 243 g/mol. The van der Waals surface area contributed by atoms with Gasteiger partial charge in [-0.3, -0.25) is 9.36 Å². The van der Waals surface area contributed by atoms with Gasteiger partial charge in [-0.25, -0.2) is 0 Å². The molecule has 94 valence electrons. The lowest BCUT2D eigenvalue weighted by atomic mass is 10.2. The van der Waals surface area contributed by atoms with Gasteiger partial charge in [0.1, 0.15) is 12.3 Å². The second-order valence-corrected chi connectivity index (χ2v) is 3.88. The molecule has 7 heteroatoms. The lowest BCUT2D eigenvalue weighted by Crippen LogP contribution is -2.25. The number of aromatic hydroxyl groups is 2. The summed E-state index contributed by atoms with van der Waals surface area (Å²) in [5.41, 5.74) is -0.805. The van der Waals surface area contributed by atoms with Crippen LogP contribution in [0.2, 0.25) is 0 Å². The molecule has 1 aliphatic rings. The largest absolute Gasteiger partial charge is 0.504 e. The minimum Gasteiger partial charge on any atom is -0.504 e. The quantitative estimate of drug-likeness (QED) is 0.524. The second-order valence-electron chi connectivity index (χ2n) is 3.88. The van der Waals surface area contributed by atoms with Gasteiger partial charge in [-0.2, -0.15) is 0 Å². The van der Waals surface area contributed by atoms with E-state index in [1.54, 1.807) is 0 Å². The van der Waals surface area contributed by atoms with Crippen molar-refractivity contribution < 1.29 is 25.2 Å². The van der Waals surface area contributed by atoms with Crippen LogP contribution < -0.4 is 5.56 Å². The van der Waals surface area contributed by atoms with Crippen molar-refractivity contribution in [2.24, 2.45) is 0 Å². The number of ether oxygens (including phenoxy) is 1.